The van der Waals surface area contributed by atoms with E-state index < -0.39 is 18.2 Å². The summed E-state index contributed by atoms with van der Waals surface area (Å²) in [5.41, 5.74) is 0.806. The lowest BCUT2D eigenvalue weighted by Gasteiger charge is -2.47. The maximum atomic E-state index is 13.8. The lowest BCUT2D eigenvalue weighted by atomic mass is 9.91. The molecule has 2 unspecified atom stereocenters. The number of fused-ring (bicyclic) bond motifs is 1. The van der Waals surface area contributed by atoms with Gasteiger partial charge in [0.05, 0.1) is 6.54 Å². The van der Waals surface area contributed by atoms with Gasteiger partial charge in [0, 0.05) is 17.6 Å². The van der Waals surface area contributed by atoms with Gasteiger partial charge in [0.15, 0.2) is 5.01 Å². The summed E-state index contributed by atoms with van der Waals surface area (Å²) < 4.78 is 0. The van der Waals surface area contributed by atoms with Gasteiger partial charge in [-0.3, -0.25) is 14.4 Å². The zero-order chi connectivity index (χ0) is 24.6. The highest BCUT2D eigenvalue weighted by Gasteiger charge is 2.57. The SMILES string of the molecule is CCC(C)[C@H]1C(=O)N(CC2CCNCC2)CC2N1C(=O)[C@H](CC(C)C)N2C(=O)c1nc(C)cs1. The lowest BCUT2D eigenvalue weighted by Crippen LogP contribution is -2.65. The molecule has 3 saturated heterocycles. The Morgan fingerprint density at radius 2 is 1.91 bits per heavy atom. The summed E-state index contributed by atoms with van der Waals surface area (Å²) in [6.45, 7) is 13.1. The number of carbonyl (C=O) groups is 3. The molecule has 0 radical (unpaired) electrons. The second-order valence-electron chi connectivity index (χ2n) is 10.6. The number of piperazine rings is 1. The van der Waals surface area contributed by atoms with Gasteiger partial charge in [0.2, 0.25) is 11.8 Å². The number of nitrogens with one attached hydrogen (secondary N) is 1. The largest absolute Gasteiger partial charge is 0.337 e. The van der Waals surface area contributed by atoms with Crippen LogP contribution in [-0.4, -0.2) is 81.8 Å². The van der Waals surface area contributed by atoms with Crippen LogP contribution in [0.3, 0.4) is 0 Å². The van der Waals surface area contributed by atoms with Gasteiger partial charge in [-0.25, -0.2) is 4.98 Å². The summed E-state index contributed by atoms with van der Waals surface area (Å²) in [7, 11) is 0. The van der Waals surface area contributed by atoms with Crippen LogP contribution in [0.1, 0.15) is 68.9 Å². The first kappa shape index (κ1) is 25.1. The summed E-state index contributed by atoms with van der Waals surface area (Å²) in [5, 5.41) is 5.68. The number of amides is 3. The van der Waals surface area contributed by atoms with E-state index in [1.165, 1.54) is 11.3 Å². The summed E-state index contributed by atoms with van der Waals surface area (Å²) in [5.74, 6) is 0.479. The highest BCUT2D eigenvalue weighted by atomic mass is 32.1. The van der Waals surface area contributed by atoms with E-state index in [0.717, 1.165) is 38.0 Å². The Morgan fingerprint density at radius 1 is 1.21 bits per heavy atom. The summed E-state index contributed by atoms with van der Waals surface area (Å²) in [4.78, 5) is 51.3. The minimum Gasteiger partial charge on any atom is -0.337 e. The fourth-order valence-corrected chi connectivity index (χ4v) is 6.39. The number of aromatic nitrogens is 1. The van der Waals surface area contributed by atoms with E-state index in [9.17, 15) is 14.4 Å². The van der Waals surface area contributed by atoms with Crippen molar-refractivity contribution in [3.8, 4) is 0 Å². The molecule has 1 aromatic rings. The summed E-state index contributed by atoms with van der Waals surface area (Å²) in [6, 6.07) is -1.08. The van der Waals surface area contributed by atoms with Crippen LogP contribution in [-0.2, 0) is 9.59 Å². The molecule has 3 aliphatic heterocycles. The molecule has 4 heterocycles. The molecule has 0 aromatic carbocycles. The molecule has 188 valence electrons. The second-order valence-corrected chi connectivity index (χ2v) is 11.5. The van der Waals surface area contributed by atoms with Crippen LogP contribution >= 0.6 is 11.3 Å². The third-order valence-corrected chi connectivity index (χ3v) is 8.57. The van der Waals surface area contributed by atoms with E-state index in [0.29, 0.717) is 30.4 Å². The van der Waals surface area contributed by atoms with Crippen molar-refractivity contribution in [3.05, 3.63) is 16.1 Å². The molecule has 3 amide bonds. The Kier molecular flexibility index (Phi) is 7.62. The van der Waals surface area contributed by atoms with Crippen LogP contribution in [0.15, 0.2) is 5.38 Å². The van der Waals surface area contributed by atoms with Crippen molar-refractivity contribution in [2.75, 3.05) is 26.2 Å². The molecule has 0 saturated carbocycles. The molecular formula is C25H39N5O3S. The van der Waals surface area contributed by atoms with Crippen molar-refractivity contribution >= 4 is 29.1 Å². The number of piperidine rings is 1. The Labute approximate surface area is 207 Å². The van der Waals surface area contributed by atoms with Crippen LogP contribution in [0, 0.1) is 24.7 Å². The first-order valence-corrected chi connectivity index (χ1v) is 13.7. The quantitative estimate of drug-likeness (QED) is 0.637. The molecule has 1 N–H and O–H groups in total. The molecule has 3 fully saturated rings. The van der Waals surface area contributed by atoms with Crippen LogP contribution < -0.4 is 5.32 Å². The molecule has 0 aliphatic carbocycles. The third kappa shape index (κ3) is 4.73. The number of carbonyl (C=O) groups excluding carboxylic acids is 3. The average molecular weight is 490 g/mol. The molecule has 4 atom stereocenters. The van der Waals surface area contributed by atoms with Gasteiger partial charge in [-0.1, -0.05) is 34.1 Å². The van der Waals surface area contributed by atoms with Crippen molar-refractivity contribution in [2.45, 2.75) is 78.6 Å². The van der Waals surface area contributed by atoms with Gasteiger partial charge >= 0.3 is 0 Å². The highest BCUT2D eigenvalue weighted by molar-refractivity contribution is 7.11. The van der Waals surface area contributed by atoms with E-state index in [1.807, 2.05) is 24.1 Å². The van der Waals surface area contributed by atoms with E-state index in [-0.39, 0.29) is 29.6 Å². The number of aryl methyl sites for hydroxylation is 1. The maximum absolute atomic E-state index is 13.8. The number of nitrogens with zero attached hydrogens (tertiary/aromatic N) is 4. The Bertz CT molecular complexity index is 912. The normalized spacial score (nSPS) is 27.0. The van der Waals surface area contributed by atoms with Gasteiger partial charge in [0.25, 0.3) is 5.91 Å². The fourth-order valence-electron chi connectivity index (χ4n) is 5.65. The molecule has 0 spiro atoms. The predicted octanol–water partition coefficient (Wildman–Crippen LogP) is 2.73. The molecule has 4 rings (SSSR count). The highest BCUT2D eigenvalue weighted by Crippen LogP contribution is 2.37. The van der Waals surface area contributed by atoms with Crippen molar-refractivity contribution < 1.29 is 14.4 Å². The predicted molar refractivity (Wildman–Crippen MR) is 132 cm³/mol. The third-order valence-electron chi connectivity index (χ3n) is 7.62. The Hall–Kier alpha value is -2.00. The second kappa shape index (κ2) is 10.3. The van der Waals surface area contributed by atoms with E-state index in [4.69, 9.17) is 0 Å². The zero-order valence-electron chi connectivity index (χ0n) is 21.1. The van der Waals surface area contributed by atoms with Crippen LogP contribution in [0.4, 0.5) is 0 Å². The lowest BCUT2D eigenvalue weighted by molar-refractivity contribution is -0.156. The molecule has 8 nitrogen and oxygen atoms in total. The molecule has 3 aliphatic rings. The van der Waals surface area contributed by atoms with E-state index in [1.54, 1.807) is 9.80 Å². The summed E-state index contributed by atoms with van der Waals surface area (Å²) >= 11 is 1.33. The molecule has 1 aromatic heterocycles. The first-order valence-electron chi connectivity index (χ1n) is 12.8. The van der Waals surface area contributed by atoms with Gasteiger partial charge in [0.1, 0.15) is 18.2 Å². The maximum Gasteiger partial charge on any atom is 0.285 e. The number of rotatable bonds is 7. The smallest absolute Gasteiger partial charge is 0.285 e. The fraction of sp³-hybridized carbons (Fsp3) is 0.760. The van der Waals surface area contributed by atoms with Crippen molar-refractivity contribution in [2.24, 2.45) is 17.8 Å². The Balaban J connectivity index is 1.71. The molecule has 9 heteroatoms. The monoisotopic (exact) mass is 489 g/mol. The minimum absolute atomic E-state index is 0.0200. The minimum atomic E-state index is -0.556. The Morgan fingerprint density at radius 3 is 2.50 bits per heavy atom. The van der Waals surface area contributed by atoms with E-state index >= 15 is 0 Å². The van der Waals surface area contributed by atoms with Gasteiger partial charge in [-0.2, -0.15) is 0 Å². The zero-order valence-corrected chi connectivity index (χ0v) is 21.9. The van der Waals surface area contributed by atoms with Crippen LogP contribution in [0.2, 0.25) is 0 Å². The van der Waals surface area contributed by atoms with Gasteiger partial charge in [-0.05, 0) is 57.0 Å². The van der Waals surface area contributed by atoms with Crippen molar-refractivity contribution in [3.63, 3.8) is 0 Å². The van der Waals surface area contributed by atoms with Gasteiger partial charge in [-0.15, -0.1) is 11.3 Å². The number of hydrogen-bond acceptors (Lipinski definition) is 6. The average Bonchev–Trinajstić information content (AvgIpc) is 3.35. The topological polar surface area (TPSA) is 85.9 Å². The summed E-state index contributed by atoms with van der Waals surface area (Å²) in [6.07, 6.45) is 3.02. The number of hydrogen-bond donors (Lipinski definition) is 1. The molecule has 0 bridgehead atoms. The standard InChI is InChI=1S/C25H39N5O3S/c1-6-16(4)21-24(32)28(12-18-7-9-26-10-8-18)13-20-29(25(33)22-27-17(5)14-34-22)19(11-15(2)3)23(31)30(20)21/h14-16,18-21,26H,6-13H2,1-5H3/t16?,19-,20?,21-/m0/s1. The van der Waals surface area contributed by atoms with Crippen molar-refractivity contribution in [1.29, 1.82) is 0 Å². The molecule has 34 heavy (non-hydrogen) atoms. The van der Waals surface area contributed by atoms with Gasteiger partial charge < -0.3 is 20.0 Å². The molecular weight excluding hydrogens is 450 g/mol. The van der Waals surface area contributed by atoms with Crippen molar-refractivity contribution in [1.82, 2.24) is 25.0 Å². The van der Waals surface area contributed by atoms with E-state index in [2.05, 4.69) is 31.1 Å². The number of thiazole rings is 1. The first-order chi connectivity index (χ1) is 16.2. The van der Waals surface area contributed by atoms with Crippen LogP contribution in [0.25, 0.3) is 0 Å². The van der Waals surface area contributed by atoms with Crippen LogP contribution in [0.5, 0.6) is 0 Å².